The molecule has 0 aromatic heterocycles. The second-order valence-electron chi connectivity index (χ2n) is 5.98. The highest BCUT2D eigenvalue weighted by atomic mass is 14.6. The van der Waals surface area contributed by atoms with Crippen molar-refractivity contribution in [3.05, 3.63) is 0 Å². The van der Waals surface area contributed by atoms with Crippen LogP contribution in [0.5, 0.6) is 0 Å². The highest BCUT2D eigenvalue weighted by Crippen LogP contribution is 2.45. The quantitative estimate of drug-likeness (QED) is 0.694. The van der Waals surface area contributed by atoms with E-state index in [1.165, 1.54) is 32.1 Å². The van der Waals surface area contributed by atoms with Crippen LogP contribution in [0.3, 0.4) is 0 Å². The maximum absolute atomic E-state index is 5.88. The Hall–Kier alpha value is -0.0400. The van der Waals surface area contributed by atoms with E-state index in [2.05, 4.69) is 27.7 Å². The van der Waals surface area contributed by atoms with Crippen LogP contribution >= 0.6 is 0 Å². The smallest absolute Gasteiger partial charge is 0.00463 e. The predicted molar refractivity (Wildman–Crippen MR) is 72.3 cm³/mol. The Bertz CT molecular complexity index is 190. The fraction of sp³-hybridized carbons (Fsp3) is 1.00. The minimum absolute atomic E-state index is 0.762. The lowest BCUT2D eigenvalue weighted by Gasteiger charge is -2.43. The van der Waals surface area contributed by atoms with Crippen molar-refractivity contribution in [1.29, 1.82) is 0 Å². The molecule has 0 bridgehead atoms. The van der Waals surface area contributed by atoms with Crippen molar-refractivity contribution in [2.45, 2.75) is 59.8 Å². The Balaban J connectivity index is 2.24. The Labute approximate surface area is 102 Å². The Kier molecular flexibility index (Phi) is 5.82. The Morgan fingerprint density at radius 1 is 1.25 bits per heavy atom. The van der Waals surface area contributed by atoms with Crippen LogP contribution in [0.1, 0.15) is 59.8 Å². The van der Waals surface area contributed by atoms with E-state index >= 15 is 0 Å². The van der Waals surface area contributed by atoms with Crippen LogP contribution in [0.15, 0.2) is 0 Å². The molecule has 0 heterocycles. The SMILES string of the molecule is CCC(C)C(CN)CCC1CC(CC)C1C. The van der Waals surface area contributed by atoms with E-state index < -0.39 is 0 Å². The minimum atomic E-state index is 0.762. The molecule has 0 radical (unpaired) electrons. The van der Waals surface area contributed by atoms with Crippen molar-refractivity contribution in [3.63, 3.8) is 0 Å². The second-order valence-corrected chi connectivity index (χ2v) is 5.98. The van der Waals surface area contributed by atoms with E-state index in [4.69, 9.17) is 5.73 Å². The van der Waals surface area contributed by atoms with Gasteiger partial charge in [-0.15, -0.1) is 0 Å². The van der Waals surface area contributed by atoms with Crippen molar-refractivity contribution in [1.82, 2.24) is 0 Å². The van der Waals surface area contributed by atoms with Gasteiger partial charge in [0.15, 0.2) is 0 Å². The first-order chi connectivity index (χ1) is 7.63. The molecule has 0 aromatic carbocycles. The van der Waals surface area contributed by atoms with Crippen LogP contribution in [0.2, 0.25) is 0 Å². The van der Waals surface area contributed by atoms with Crippen molar-refractivity contribution in [2.75, 3.05) is 6.54 Å². The van der Waals surface area contributed by atoms with E-state index in [0.29, 0.717) is 0 Å². The molecule has 16 heavy (non-hydrogen) atoms. The summed E-state index contributed by atoms with van der Waals surface area (Å²) in [6.45, 7) is 10.3. The van der Waals surface area contributed by atoms with Gasteiger partial charge in [0.1, 0.15) is 0 Å². The maximum atomic E-state index is 5.88. The minimum Gasteiger partial charge on any atom is -0.330 e. The topological polar surface area (TPSA) is 26.0 Å². The van der Waals surface area contributed by atoms with Crippen molar-refractivity contribution >= 4 is 0 Å². The average Bonchev–Trinajstić information content (AvgIpc) is 2.31. The maximum Gasteiger partial charge on any atom is -0.00463 e. The normalized spacial score (nSPS) is 33.2. The van der Waals surface area contributed by atoms with Crippen LogP contribution in [0.4, 0.5) is 0 Å². The van der Waals surface area contributed by atoms with Gasteiger partial charge in [0, 0.05) is 0 Å². The third-order valence-corrected chi connectivity index (χ3v) is 5.28. The summed E-state index contributed by atoms with van der Waals surface area (Å²) < 4.78 is 0. The molecule has 1 aliphatic rings. The van der Waals surface area contributed by atoms with Gasteiger partial charge in [-0.2, -0.15) is 0 Å². The molecule has 0 aliphatic heterocycles. The van der Waals surface area contributed by atoms with Crippen molar-refractivity contribution in [2.24, 2.45) is 35.3 Å². The van der Waals surface area contributed by atoms with Crippen LogP contribution in [0, 0.1) is 29.6 Å². The molecule has 96 valence electrons. The summed E-state index contributed by atoms with van der Waals surface area (Å²) in [5.41, 5.74) is 5.88. The third-order valence-electron chi connectivity index (χ3n) is 5.28. The van der Waals surface area contributed by atoms with Gasteiger partial charge in [-0.1, -0.05) is 40.5 Å². The highest BCUT2D eigenvalue weighted by Gasteiger charge is 2.35. The largest absolute Gasteiger partial charge is 0.330 e. The molecule has 5 atom stereocenters. The Morgan fingerprint density at radius 2 is 1.94 bits per heavy atom. The van der Waals surface area contributed by atoms with Crippen LogP contribution in [-0.4, -0.2) is 6.54 Å². The molecule has 5 unspecified atom stereocenters. The fourth-order valence-electron chi connectivity index (χ4n) is 3.32. The summed E-state index contributed by atoms with van der Waals surface area (Å²) in [5, 5.41) is 0. The van der Waals surface area contributed by atoms with Crippen LogP contribution < -0.4 is 5.73 Å². The van der Waals surface area contributed by atoms with Gasteiger partial charge >= 0.3 is 0 Å². The molecule has 1 nitrogen and oxygen atoms in total. The predicted octanol–water partition coefficient (Wildman–Crippen LogP) is 4.07. The first-order valence-electron chi connectivity index (χ1n) is 7.33. The van der Waals surface area contributed by atoms with Gasteiger partial charge in [-0.3, -0.25) is 0 Å². The van der Waals surface area contributed by atoms with E-state index in [9.17, 15) is 0 Å². The first-order valence-corrected chi connectivity index (χ1v) is 7.33. The summed E-state index contributed by atoms with van der Waals surface area (Å²) in [6, 6.07) is 0. The van der Waals surface area contributed by atoms with Gasteiger partial charge in [0.05, 0.1) is 0 Å². The molecule has 2 N–H and O–H groups in total. The zero-order valence-electron chi connectivity index (χ0n) is 11.7. The van der Waals surface area contributed by atoms with Gasteiger partial charge < -0.3 is 5.73 Å². The monoisotopic (exact) mass is 225 g/mol. The van der Waals surface area contributed by atoms with Gasteiger partial charge in [0.2, 0.25) is 0 Å². The fourth-order valence-corrected chi connectivity index (χ4v) is 3.32. The third kappa shape index (κ3) is 3.23. The molecule has 0 saturated heterocycles. The molecular formula is C15H31N. The molecule has 1 rings (SSSR count). The first kappa shape index (κ1) is 14.0. The number of hydrogen-bond donors (Lipinski definition) is 1. The van der Waals surface area contributed by atoms with E-state index in [0.717, 1.165) is 36.1 Å². The van der Waals surface area contributed by atoms with Gasteiger partial charge in [-0.05, 0) is 55.4 Å². The molecule has 1 saturated carbocycles. The van der Waals surface area contributed by atoms with Crippen LogP contribution in [0.25, 0.3) is 0 Å². The van der Waals surface area contributed by atoms with E-state index in [1.807, 2.05) is 0 Å². The standard InChI is InChI=1S/C15H31N/c1-5-11(3)15(10-16)8-7-14-9-13(6-2)12(14)4/h11-15H,5-10,16H2,1-4H3. The summed E-state index contributed by atoms with van der Waals surface area (Å²) in [6.07, 6.45) is 6.92. The van der Waals surface area contributed by atoms with Crippen molar-refractivity contribution < 1.29 is 0 Å². The van der Waals surface area contributed by atoms with Crippen LogP contribution in [-0.2, 0) is 0 Å². The molecule has 1 fully saturated rings. The number of hydrogen-bond acceptors (Lipinski definition) is 1. The van der Waals surface area contributed by atoms with Crippen molar-refractivity contribution in [3.8, 4) is 0 Å². The zero-order valence-corrected chi connectivity index (χ0v) is 11.7. The van der Waals surface area contributed by atoms with Gasteiger partial charge in [0.25, 0.3) is 0 Å². The molecule has 0 aromatic rings. The summed E-state index contributed by atoms with van der Waals surface area (Å²) in [7, 11) is 0. The number of nitrogens with two attached hydrogens (primary N) is 1. The summed E-state index contributed by atoms with van der Waals surface area (Å²) in [4.78, 5) is 0. The molecular weight excluding hydrogens is 194 g/mol. The lowest BCUT2D eigenvalue weighted by atomic mass is 9.62. The molecule has 0 spiro atoms. The molecule has 1 aliphatic carbocycles. The average molecular weight is 225 g/mol. The number of rotatable bonds is 7. The summed E-state index contributed by atoms with van der Waals surface area (Å²) in [5.74, 6) is 4.56. The molecule has 0 amide bonds. The highest BCUT2D eigenvalue weighted by molar-refractivity contribution is 4.86. The zero-order chi connectivity index (χ0) is 12.1. The van der Waals surface area contributed by atoms with Gasteiger partial charge in [-0.25, -0.2) is 0 Å². The second kappa shape index (κ2) is 6.64. The molecule has 1 heteroatoms. The lowest BCUT2D eigenvalue weighted by Crippen LogP contribution is -2.35. The summed E-state index contributed by atoms with van der Waals surface area (Å²) >= 11 is 0. The van der Waals surface area contributed by atoms with E-state index in [-0.39, 0.29) is 0 Å². The van der Waals surface area contributed by atoms with E-state index in [1.54, 1.807) is 0 Å². The lowest BCUT2D eigenvalue weighted by molar-refractivity contribution is 0.0685. The Morgan fingerprint density at radius 3 is 2.38 bits per heavy atom.